The molecule has 1 heterocycles. The SMILES string of the molecule is C1CCOC1.CC(C)C.N. The zero-order valence-electron chi connectivity index (χ0n) is 7.52. The maximum atomic E-state index is 4.94. The summed E-state index contributed by atoms with van der Waals surface area (Å²) in [6.07, 6.45) is 2.56. The van der Waals surface area contributed by atoms with E-state index in [2.05, 4.69) is 20.8 Å². The molecule has 2 nitrogen and oxygen atoms in total. The summed E-state index contributed by atoms with van der Waals surface area (Å²) in [5, 5.41) is 0. The molecule has 0 spiro atoms. The monoisotopic (exact) mass is 147 g/mol. The minimum Gasteiger partial charge on any atom is -0.381 e. The average Bonchev–Trinajstić information content (AvgIpc) is 2.11. The van der Waals surface area contributed by atoms with Gasteiger partial charge in [0, 0.05) is 13.2 Å². The van der Waals surface area contributed by atoms with Gasteiger partial charge in [0.15, 0.2) is 0 Å². The number of hydrogen-bond donors (Lipinski definition) is 1. The Hall–Kier alpha value is -0.0800. The zero-order valence-corrected chi connectivity index (χ0v) is 7.52. The molecule has 1 aliphatic heterocycles. The zero-order chi connectivity index (χ0) is 7.11. The van der Waals surface area contributed by atoms with Crippen molar-refractivity contribution in [3.05, 3.63) is 0 Å². The first-order chi connectivity index (χ1) is 4.23. The lowest BCUT2D eigenvalue weighted by Gasteiger charge is -1.79. The summed E-state index contributed by atoms with van der Waals surface area (Å²) in [5.74, 6) is 0.833. The maximum Gasteiger partial charge on any atom is 0.0466 e. The quantitative estimate of drug-likeness (QED) is 0.572. The van der Waals surface area contributed by atoms with Crippen molar-refractivity contribution in [2.75, 3.05) is 13.2 Å². The van der Waals surface area contributed by atoms with E-state index in [9.17, 15) is 0 Å². The fraction of sp³-hybridized carbons (Fsp3) is 1.00. The molecule has 3 N–H and O–H groups in total. The molecule has 10 heavy (non-hydrogen) atoms. The molecule has 1 fully saturated rings. The van der Waals surface area contributed by atoms with Gasteiger partial charge in [-0.15, -0.1) is 0 Å². The van der Waals surface area contributed by atoms with Gasteiger partial charge in [-0.2, -0.15) is 0 Å². The standard InChI is InChI=1S/C4H8O.C4H10.H3N/c1-2-4-5-3-1;1-4(2)3;/h1-4H2;4H,1-3H3;1H3. The summed E-state index contributed by atoms with van der Waals surface area (Å²) >= 11 is 0. The van der Waals surface area contributed by atoms with Crippen LogP contribution in [0.25, 0.3) is 0 Å². The van der Waals surface area contributed by atoms with E-state index in [0.717, 1.165) is 19.1 Å². The molecule has 0 aromatic rings. The molecule has 0 unspecified atom stereocenters. The molecule has 64 valence electrons. The lowest BCUT2D eigenvalue weighted by atomic mass is 10.3. The van der Waals surface area contributed by atoms with Gasteiger partial charge in [-0.05, 0) is 18.8 Å². The molecule has 1 rings (SSSR count). The molecule has 0 atom stereocenters. The fourth-order valence-corrected chi connectivity index (χ4v) is 0.510. The van der Waals surface area contributed by atoms with E-state index in [-0.39, 0.29) is 6.15 Å². The molecule has 0 radical (unpaired) electrons. The van der Waals surface area contributed by atoms with Crippen LogP contribution in [0.2, 0.25) is 0 Å². The molecule has 0 aliphatic carbocycles. The summed E-state index contributed by atoms with van der Waals surface area (Å²) in [7, 11) is 0. The van der Waals surface area contributed by atoms with Gasteiger partial charge in [-0.25, -0.2) is 0 Å². The molecule has 0 amide bonds. The molecule has 0 aromatic heterocycles. The van der Waals surface area contributed by atoms with Gasteiger partial charge in [0.1, 0.15) is 0 Å². The fourth-order valence-electron chi connectivity index (χ4n) is 0.510. The van der Waals surface area contributed by atoms with E-state index in [0.29, 0.717) is 0 Å². The Morgan fingerprint density at radius 2 is 1.30 bits per heavy atom. The van der Waals surface area contributed by atoms with Gasteiger partial charge in [-0.1, -0.05) is 20.8 Å². The minimum atomic E-state index is 0. The van der Waals surface area contributed by atoms with Crippen molar-refractivity contribution in [3.63, 3.8) is 0 Å². The third-order valence-electron chi connectivity index (χ3n) is 0.827. The molecule has 0 aromatic carbocycles. The van der Waals surface area contributed by atoms with Crippen LogP contribution in [-0.4, -0.2) is 13.2 Å². The molecule has 0 bridgehead atoms. The largest absolute Gasteiger partial charge is 0.381 e. The van der Waals surface area contributed by atoms with Crippen molar-refractivity contribution < 1.29 is 4.74 Å². The highest BCUT2D eigenvalue weighted by molar-refractivity contribution is 4.43. The molecular weight excluding hydrogens is 126 g/mol. The third-order valence-corrected chi connectivity index (χ3v) is 0.827. The smallest absolute Gasteiger partial charge is 0.0466 e. The van der Waals surface area contributed by atoms with Crippen molar-refractivity contribution in [1.82, 2.24) is 6.15 Å². The highest BCUT2D eigenvalue weighted by Gasteiger charge is 1.94. The highest BCUT2D eigenvalue weighted by Crippen LogP contribution is 1.98. The van der Waals surface area contributed by atoms with Gasteiger partial charge in [0.25, 0.3) is 0 Å². The van der Waals surface area contributed by atoms with Crippen LogP contribution in [0.4, 0.5) is 0 Å². The normalized spacial score (nSPS) is 15.6. The van der Waals surface area contributed by atoms with Gasteiger partial charge < -0.3 is 10.9 Å². The highest BCUT2D eigenvalue weighted by atomic mass is 16.5. The summed E-state index contributed by atoms with van der Waals surface area (Å²) in [6, 6.07) is 0. The van der Waals surface area contributed by atoms with Crippen LogP contribution in [0.5, 0.6) is 0 Å². The van der Waals surface area contributed by atoms with Gasteiger partial charge in [0.05, 0.1) is 0 Å². The van der Waals surface area contributed by atoms with Crippen LogP contribution in [0.15, 0.2) is 0 Å². The summed E-state index contributed by atoms with van der Waals surface area (Å²) in [6.45, 7) is 8.50. The Morgan fingerprint density at radius 3 is 1.40 bits per heavy atom. The second-order valence-electron chi connectivity index (χ2n) is 3.05. The van der Waals surface area contributed by atoms with E-state index >= 15 is 0 Å². The van der Waals surface area contributed by atoms with Crippen molar-refractivity contribution >= 4 is 0 Å². The molecule has 1 aliphatic rings. The van der Waals surface area contributed by atoms with Crippen molar-refractivity contribution in [2.45, 2.75) is 33.6 Å². The Labute approximate surface area is 64.5 Å². The number of hydrogen-bond acceptors (Lipinski definition) is 2. The molecule has 1 saturated heterocycles. The summed E-state index contributed by atoms with van der Waals surface area (Å²) in [4.78, 5) is 0. The third kappa shape index (κ3) is 15.7. The molecule has 2 heteroatoms. The second-order valence-corrected chi connectivity index (χ2v) is 3.05. The topological polar surface area (TPSA) is 44.2 Å². The Bertz CT molecular complexity index is 40.9. The van der Waals surface area contributed by atoms with Crippen LogP contribution >= 0.6 is 0 Å². The van der Waals surface area contributed by atoms with Crippen LogP contribution < -0.4 is 6.15 Å². The van der Waals surface area contributed by atoms with E-state index in [1.165, 1.54) is 12.8 Å². The van der Waals surface area contributed by atoms with E-state index in [1.54, 1.807) is 0 Å². The first kappa shape index (κ1) is 12.6. The Morgan fingerprint density at radius 1 is 1.00 bits per heavy atom. The number of ether oxygens (including phenoxy) is 1. The summed E-state index contributed by atoms with van der Waals surface area (Å²) < 4.78 is 4.94. The van der Waals surface area contributed by atoms with Crippen molar-refractivity contribution in [2.24, 2.45) is 5.92 Å². The lowest BCUT2D eigenvalue weighted by Crippen LogP contribution is -1.74. The van der Waals surface area contributed by atoms with Gasteiger partial charge in [-0.3, -0.25) is 0 Å². The van der Waals surface area contributed by atoms with Crippen LogP contribution in [0.1, 0.15) is 33.6 Å². The second kappa shape index (κ2) is 8.92. The van der Waals surface area contributed by atoms with Crippen LogP contribution in [-0.2, 0) is 4.74 Å². The first-order valence-electron chi connectivity index (χ1n) is 3.81. The average molecular weight is 147 g/mol. The maximum absolute atomic E-state index is 4.94. The van der Waals surface area contributed by atoms with E-state index in [1.807, 2.05) is 0 Å². The first-order valence-corrected chi connectivity index (χ1v) is 3.81. The van der Waals surface area contributed by atoms with E-state index in [4.69, 9.17) is 4.74 Å². The Kier molecular flexibility index (Phi) is 11.2. The van der Waals surface area contributed by atoms with Crippen molar-refractivity contribution in [1.29, 1.82) is 0 Å². The van der Waals surface area contributed by atoms with E-state index < -0.39 is 0 Å². The van der Waals surface area contributed by atoms with Crippen LogP contribution in [0.3, 0.4) is 0 Å². The lowest BCUT2D eigenvalue weighted by molar-refractivity contribution is 0.198. The predicted molar refractivity (Wildman–Crippen MR) is 45.6 cm³/mol. The van der Waals surface area contributed by atoms with Gasteiger partial charge >= 0.3 is 0 Å². The number of rotatable bonds is 0. The summed E-state index contributed by atoms with van der Waals surface area (Å²) in [5.41, 5.74) is 0. The van der Waals surface area contributed by atoms with Crippen molar-refractivity contribution in [3.8, 4) is 0 Å². The molecular formula is C8H21NO. The Balaban J connectivity index is 0. The molecule has 0 saturated carbocycles. The van der Waals surface area contributed by atoms with Crippen LogP contribution in [0, 0.1) is 5.92 Å². The minimum absolute atomic E-state index is 0. The predicted octanol–water partition coefficient (Wildman–Crippen LogP) is 2.62. The van der Waals surface area contributed by atoms with Gasteiger partial charge in [0.2, 0.25) is 0 Å².